The number of nitrogens with zero attached hydrogens (tertiary/aromatic N) is 3. The zero-order chi connectivity index (χ0) is 16.9. The lowest BCUT2D eigenvalue weighted by molar-refractivity contribution is -0.120. The van der Waals surface area contributed by atoms with Gasteiger partial charge >= 0.3 is 0 Å². The first-order valence-corrected chi connectivity index (χ1v) is 9.13. The molecule has 3 rings (SSSR count). The zero-order valence-electron chi connectivity index (χ0n) is 13.0. The van der Waals surface area contributed by atoms with E-state index >= 15 is 0 Å². The molecular weight excluding hydrogens is 342 g/mol. The molecule has 2 heterocycles. The van der Waals surface area contributed by atoms with Gasteiger partial charge in [-0.15, -0.1) is 21.5 Å². The van der Waals surface area contributed by atoms with Crippen molar-refractivity contribution in [3.8, 4) is 10.7 Å². The Bertz CT molecular complexity index is 801. The largest absolute Gasteiger partial charge is 0.351 e. The van der Waals surface area contributed by atoms with Crippen LogP contribution >= 0.6 is 23.1 Å². The molecule has 0 fully saturated rings. The van der Waals surface area contributed by atoms with Crippen LogP contribution in [0.1, 0.15) is 12.5 Å². The normalized spacial score (nSPS) is 12.0. The first kappa shape index (κ1) is 16.5. The molecule has 1 amide bonds. The van der Waals surface area contributed by atoms with Gasteiger partial charge in [0.1, 0.15) is 0 Å². The highest BCUT2D eigenvalue weighted by Crippen LogP contribution is 2.27. The molecule has 2 aromatic heterocycles. The molecule has 0 radical (unpaired) electrons. The molecule has 0 aliphatic heterocycles. The van der Waals surface area contributed by atoms with Gasteiger partial charge in [0.05, 0.1) is 10.1 Å². The van der Waals surface area contributed by atoms with E-state index in [9.17, 15) is 4.79 Å². The number of carbonyl (C=O) groups is 1. The predicted octanol–water partition coefficient (Wildman–Crippen LogP) is 2.52. The maximum Gasteiger partial charge on any atom is 0.233 e. The molecular formula is C16H17N5OS2. The molecule has 6 nitrogen and oxygen atoms in total. The zero-order valence-corrected chi connectivity index (χ0v) is 14.7. The average molecular weight is 359 g/mol. The van der Waals surface area contributed by atoms with Crippen LogP contribution in [0.15, 0.2) is 53.0 Å². The monoisotopic (exact) mass is 359 g/mol. The highest BCUT2D eigenvalue weighted by atomic mass is 32.2. The fourth-order valence-electron chi connectivity index (χ4n) is 2.07. The number of hydrogen-bond donors (Lipinski definition) is 2. The molecule has 8 heteroatoms. The summed E-state index contributed by atoms with van der Waals surface area (Å²) in [6, 6.07) is 13.7. The second-order valence-electron chi connectivity index (χ2n) is 5.12. The van der Waals surface area contributed by atoms with Crippen molar-refractivity contribution in [2.45, 2.75) is 23.9 Å². The van der Waals surface area contributed by atoms with Gasteiger partial charge in [-0.05, 0) is 23.9 Å². The van der Waals surface area contributed by atoms with Gasteiger partial charge in [0.15, 0.2) is 5.82 Å². The van der Waals surface area contributed by atoms with Crippen molar-refractivity contribution in [1.29, 1.82) is 0 Å². The number of rotatable bonds is 6. The molecule has 0 spiro atoms. The summed E-state index contributed by atoms with van der Waals surface area (Å²) in [6.07, 6.45) is 0. The Morgan fingerprint density at radius 2 is 2.08 bits per heavy atom. The summed E-state index contributed by atoms with van der Waals surface area (Å²) in [5, 5.41) is 13.3. The molecule has 3 N–H and O–H groups in total. The Hall–Kier alpha value is -2.32. The van der Waals surface area contributed by atoms with Crippen molar-refractivity contribution in [2.24, 2.45) is 0 Å². The number of thiophene rings is 1. The number of nitrogen functional groups attached to an aromatic ring is 1. The summed E-state index contributed by atoms with van der Waals surface area (Å²) in [5.74, 6) is 6.59. The summed E-state index contributed by atoms with van der Waals surface area (Å²) in [6.45, 7) is 2.32. The van der Waals surface area contributed by atoms with Crippen LogP contribution in [0, 0.1) is 0 Å². The van der Waals surface area contributed by atoms with Crippen LogP contribution in [0.2, 0.25) is 0 Å². The topological polar surface area (TPSA) is 85.8 Å². The highest BCUT2D eigenvalue weighted by Gasteiger charge is 2.20. The minimum absolute atomic E-state index is 0.0653. The highest BCUT2D eigenvalue weighted by molar-refractivity contribution is 8.00. The number of carbonyl (C=O) groups excluding carboxylic acids is 1. The summed E-state index contributed by atoms with van der Waals surface area (Å²) < 4.78 is 1.43. The maximum atomic E-state index is 12.2. The van der Waals surface area contributed by atoms with Gasteiger partial charge in [0.25, 0.3) is 0 Å². The minimum atomic E-state index is -0.323. The predicted molar refractivity (Wildman–Crippen MR) is 97.1 cm³/mol. The molecule has 24 heavy (non-hydrogen) atoms. The first-order chi connectivity index (χ1) is 11.6. The number of nitrogens with two attached hydrogens (primary N) is 1. The van der Waals surface area contributed by atoms with Crippen LogP contribution in [-0.4, -0.2) is 26.0 Å². The number of nitrogens with one attached hydrogen (secondary N) is 1. The standard InChI is InChI=1S/C16H17N5OS2/c1-11(15(22)18-10-12-6-3-2-4-7-12)24-16-20-19-14(21(16)17)13-8-5-9-23-13/h2-9,11H,10,17H2,1H3,(H,18,22). The van der Waals surface area contributed by atoms with Gasteiger partial charge in [-0.3, -0.25) is 4.79 Å². The lowest BCUT2D eigenvalue weighted by atomic mass is 10.2. The van der Waals surface area contributed by atoms with Crippen molar-refractivity contribution in [3.05, 3.63) is 53.4 Å². The lowest BCUT2D eigenvalue weighted by Crippen LogP contribution is -2.30. The third kappa shape index (κ3) is 3.77. The van der Waals surface area contributed by atoms with Gasteiger partial charge in [0, 0.05) is 6.54 Å². The van der Waals surface area contributed by atoms with Gasteiger partial charge in [-0.25, -0.2) is 4.68 Å². The molecule has 124 valence electrons. The van der Waals surface area contributed by atoms with E-state index in [1.165, 1.54) is 16.4 Å². The number of amides is 1. The summed E-state index contributed by atoms with van der Waals surface area (Å²) in [7, 11) is 0. The Kier molecular flexibility index (Phi) is 5.17. The van der Waals surface area contributed by atoms with E-state index in [0.29, 0.717) is 17.5 Å². The van der Waals surface area contributed by atoms with Gasteiger partial charge < -0.3 is 11.2 Å². The van der Waals surface area contributed by atoms with Crippen molar-refractivity contribution in [3.63, 3.8) is 0 Å². The first-order valence-electron chi connectivity index (χ1n) is 7.38. The molecule has 0 aliphatic carbocycles. The second-order valence-corrected chi connectivity index (χ2v) is 7.37. The van der Waals surface area contributed by atoms with Crippen molar-refractivity contribution < 1.29 is 4.79 Å². The quantitative estimate of drug-likeness (QED) is 0.522. The van der Waals surface area contributed by atoms with Crippen LogP contribution in [-0.2, 0) is 11.3 Å². The van der Waals surface area contributed by atoms with E-state index in [1.807, 2.05) is 54.8 Å². The Morgan fingerprint density at radius 1 is 1.29 bits per heavy atom. The smallest absolute Gasteiger partial charge is 0.233 e. The second kappa shape index (κ2) is 7.50. The molecule has 0 saturated heterocycles. The fraction of sp³-hybridized carbons (Fsp3) is 0.188. The average Bonchev–Trinajstić information content (AvgIpc) is 3.24. The number of benzene rings is 1. The molecule has 0 bridgehead atoms. The molecule has 1 aromatic carbocycles. The number of hydrogen-bond acceptors (Lipinski definition) is 6. The molecule has 1 unspecified atom stereocenters. The van der Waals surface area contributed by atoms with Gasteiger partial charge in [0.2, 0.25) is 11.1 Å². The van der Waals surface area contributed by atoms with E-state index in [1.54, 1.807) is 11.3 Å². The van der Waals surface area contributed by atoms with Crippen LogP contribution < -0.4 is 11.2 Å². The summed E-state index contributed by atoms with van der Waals surface area (Å²) in [5.41, 5.74) is 1.06. The van der Waals surface area contributed by atoms with Crippen molar-refractivity contribution in [2.75, 3.05) is 5.84 Å². The van der Waals surface area contributed by atoms with Crippen molar-refractivity contribution >= 4 is 29.0 Å². The van der Waals surface area contributed by atoms with Crippen LogP contribution in [0.4, 0.5) is 0 Å². The molecule has 0 aliphatic rings. The van der Waals surface area contributed by atoms with Gasteiger partial charge in [-0.2, -0.15) is 0 Å². The number of thioether (sulfide) groups is 1. The van der Waals surface area contributed by atoms with E-state index in [-0.39, 0.29) is 11.2 Å². The Labute approximate surface area is 148 Å². The fourth-order valence-corrected chi connectivity index (χ4v) is 3.57. The molecule has 3 aromatic rings. The third-order valence-corrected chi connectivity index (χ3v) is 5.29. The Balaban J connectivity index is 1.60. The SMILES string of the molecule is CC(Sc1nnc(-c2cccs2)n1N)C(=O)NCc1ccccc1. The summed E-state index contributed by atoms with van der Waals surface area (Å²) in [4.78, 5) is 13.2. The van der Waals surface area contributed by atoms with Crippen LogP contribution in [0.5, 0.6) is 0 Å². The van der Waals surface area contributed by atoms with E-state index < -0.39 is 0 Å². The Morgan fingerprint density at radius 3 is 2.79 bits per heavy atom. The molecule has 0 saturated carbocycles. The van der Waals surface area contributed by atoms with Crippen molar-refractivity contribution in [1.82, 2.24) is 20.2 Å². The summed E-state index contributed by atoms with van der Waals surface area (Å²) >= 11 is 2.83. The maximum absolute atomic E-state index is 12.2. The van der Waals surface area contributed by atoms with E-state index in [2.05, 4.69) is 15.5 Å². The van der Waals surface area contributed by atoms with Crippen LogP contribution in [0.3, 0.4) is 0 Å². The molecule has 1 atom stereocenters. The van der Waals surface area contributed by atoms with E-state index in [4.69, 9.17) is 5.84 Å². The minimum Gasteiger partial charge on any atom is -0.351 e. The number of aromatic nitrogens is 3. The third-order valence-electron chi connectivity index (χ3n) is 3.37. The van der Waals surface area contributed by atoms with Crippen LogP contribution in [0.25, 0.3) is 10.7 Å². The lowest BCUT2D eigenvalue weighted by Gasteiger charge is -2.11. The van der Waals surface area contributed by atoms with E-state index in [0.717, 1.165) is 10.4 Å². The van der Waals surface area contributed by atoms with Gasteiger partial charge in [-0.1, -0.05) is 48.2 Å².